The van der Waals surface area contributed by atoms with Gasteiger partial charge in [0.15, 0.2) is 0 Å². The highest BCUT2D eigenvalue weighted by atomic mass is 32.2. The molecular weight excluding hydrogens is 292 g/mol. The number of benzene rings is 1. The van der Waals surface area contributed by atoms with Crippen LogP contribution >= 0.6 is 0 Å². The molecule has 0 aliphatic rings. The van der Waals surface area contributed by atoms with E-state index >= 15 is 0 Å². The normalized spacial score (nSPS) is 11.8. The highest BCUT2D eigenvalue weighted by molar-refractivity contribution is 7.89. The molecule has 0 aliphatic heterocycles. The predicted molar refractivity (Wildman–Crippen MR) is 83.8 cm³/mol. The molecule has 0 aromatic heterocycles. The Kier molecular flexibility index (Phi) is 7.49. The van der Waals surface area contributed by atoms with E-state index in [0.717, 1.165) is 0 Å². The zero-order valence-electron chi connectivity index (χ0n) is 12.5. The maximum atomic E-state index is 11.7. The van der Waals surface area contributed by atoms with Gasteiger partial charge in [-0.05, 0) is 18.1 Å². The second-order valence-corrected chi connectivity index (χ2v) is 6.99. The Morgan fingerprint density at radius 2 is 1.95 bits per heavy atom. The third kappa shape index (κ3) is 7.89. The summed E-state index contributed by atoms with van der Waals surface area (Å²) >= 11 is 0. The van der Waals surface area contributed by atoms with Crippen molar-refractivity contribution in [2.24, 2.45) is 5.92 Å². The van der Waals surface area contributed by atoms with Crippen LogP contribution in [-0.2, 0) is 14.8 Å². The van der Waals surface area contributed by atoms with E-state index in [1.54, 1.807) is 24.3 Å². The zero-order valence-corrected chi connectivity index (χ0v) is 13.4. The minimum absolute atomic E-state index is 0.0520. The van der Waals surface area contributed by atoms with Gasteiger partial charge in [-0.25, -0.2) is 13.1 Å². The predicted octanol–water partition coefficient (Wildman–Crippen LogP) is 1.24. The first-order chi connectivity index (χ1) is 9.91. The molecule has 0 unspecified atom stereocenters. The van der Waals surface area contributed by atoms with Crippen molar-refractivity contribution in [2.45, 2.75) is 13.8 Å². The molecule has 7 heteroatoms. The van der Waals surface area contributed by atoms with Gasteiger partial charge in [-0.15, -0.1) is 0 Å². The monoisotopic (exact) mass is 316 g/mol. The minimum atomic E-state index is -3.36. The molecule has 6 nitrogen and oxygen atoms in total. The molecule has 0 bridgehead atoms. The second kappa shape index (κ2) is 8.86. The number of sulfonamides is 1. The SMILES string of the molecule is CC(C)COCCNS(=O)(=O)CCOc1ccccc1N. The van der Waals surface area contributed by atoms with Crippen molar-refractivity contribution >= 4 is 15.7 Å². The third-order valence-electron chi connectivity index (χ3n) is 2.55. The molecule has 1 aromatic rings. The van der Waals surface area contributed by atoms with Gasteiger partial charge in [0.25, 0.3) is 0 Å². The smallest absolute Gasteiger partial charge is 0.215 e. The molecule has 1 rings (SSSR count). The van der Waals surface area contributed by atoms with Crippen molar-refractivity contribution in [2.75, 3.05) is 37.9 Å². The summed E-state index contributed by atoms with van der Waals surface area (Å²) < 4.78 is 36.6. The number of nitrogen functional groups attached to an aromatic ring is 1. The van der Waals surface area contributed by atoms with Crippen LogP contribution in [-0.4, -0.2) is 40.5 Å². The average Bonchev–Trinajstić information content (AvgIpc) is 2.40. The van der Waals surface area contributed by atoms with Crippen LogP contribution in [0.1, 0.15) is 13.8 Å². The Labute approximate surface area is 126 Å². The van der Waals surface area contributed by atoms with E-state index in [-0.39, 0.29) is 18.9 Å². The van der Waals surface area contributed by atoms with Gasteiger partial charge >= 0.3 is 0 Å². The van der Waals surface area contributed by atoms with Crippen LogP contribution in [0.3, 0.4) is 0 Å². The summed E-state index contributed by atoms with van der Waals surface area (Å²) in [5.41, 5.74) is 6.19. The van der Waals surface area contributed by atoms with Crippen LogP contribution in [0.25, 0.3) is 0 Å². The van der Waals surface area contributed by atoms with E-state index < -0.39 is 10.0 Å². The first-order valence-corrected chi connectivity index (χ1v) is 8.58. The molecule has 1 aromatic carbocycles. The Balaban J connectivity index is 2.22. The van der Waals surface area contributed by atoms with Crippen LogP contribution in [0.5, 0.6) is 5.75 Å². The lowest BCUT2D eigenvalue weighted by atomic mass is 10.2. The van der Waals surface area contributed by atoms with Crippen molar-refractivity contribution in [3.05, 3.63) is 24.3 Å². The van der Waals surface area contributed by atoms with E-state index in [1.165, 1.54) is 0 Å². The fourth-order valence-electron chi connectivity index (χ4n) is 1.53. The van der Waals surface area contributed by atoms with Crippen LogP contribution in [0, 0.1) is 5.92 Å². The molecule has 0 aliphatic carbocycles. The van der Waals surface area contributed by atoms with Crippen LogP contribution in [0.2, 0.25) is 0 Å². The van der Waals surface area contributed by atoms with Gasteiger partial charge in [-0.2, -0.15) is 0 Å². The standard InChI is InChI=1S/C14H24N2O4S/c1-12(2)11-19-8-7-16-21(17,18)10-9-20-14-6-4-3-5-13(14)15/h3-6,12,16H,7-11,15H2,1-2H3. The minimum Gasteiger partial charge on any atom is -0.490 e. The largest absolute Gasteiger partial charge is 0.490 e. The Bertz CT molecular complexity index is 517. The van der Waals surface area contributed by atoms with E-state index in [2.05, 4.69) is 4.72 Å². The van der Waals surface area contributed by atoms with Crippen LogP contribution in [0.15, 0.2) is 24.3 Å². The number of rotatable bonds is 10. The van der Waals surface area contributed by atoms with Gasteiger partial charge in [-0.1, -0.05) is 26.0 Å². The topological polar surface area (TPSA) is 90.6 Å². The lowest BCUT2D eigenvalue weighted by molar-refractivity contribution is 0.114. The molecule has 21 heavy (non-hydrogen) atoms. The Hall–Kier alpha value is -1.31. The molecular formula is C14H24N2O4S. The Morgan fingerprint density at radius 3 is 2.62 bits per heavy atom. The highest BCUT2D eigenvalue weighted by Crippen LogP contribution is 2.19. The molecule has 0 heterocycles. The summed E-state index contributed by atoms with van der Waals surface area (Å²) in [6.07, 6.45) is 0. The second-order valence-electron chi connectivity index (χ2n) is 5.07. The van der Waals surface area contributed by atoms with Crippen molar-refractivity contribution in [3.63, 3.8) is 0 Å². The quantitative estimate of drug-likeness (QED) is 0.500. The van der Waals surface area contributed by atoms with E-state index in [1.807, 2.05) is 13.8 Å². The van der Waals surface area contributed by atoms with E-state index in [0.29, 0.717) is 30.6 Å². The number of nitrogens with two attached hydrogens (primary N) is 1. The van der Waals surface area contributed by atoms with Crippen molar-refractivity contribution in [1.29, 1.82) is 0 Å². The highest BCUT2D eigenvalue weighted by Gasteiger charge is 2.10. The van der Waals surface area contributed by atoms with Crippen molar-refractivity contribution in [3.8, 4) is 5.75 Å². The Morgan fingerprint density at radius 1 is 1.24 bits per heavy atom. The summed E-state index contributed by atoms with van der Waals surface area (Å²) in [7, 11) is -3.36. The molecule has 0 spiro atoms. The number of anilines is 1. The molecule has 0 radical (unpaired) electrons. The number of para-hydroxylation sites is 2. The summed E-state index contributed by atoms with van der Waals surface area (Å²) in [5, 5.41) is 0. The lowest BCUT2D eigenvalue weighted by Gasteiger charge is -2.10. The van der Waals surface area contributed by atoms with E-state index in [9.17, 15) is 8.42 Å². The molecule has 0 atom stereocenters. The summed E-state index contributed by atoms with van der Waals surface area (Å²) in [6, 6.07) is 6.98. The third-order valence-corrected chi connectivity index (χ3v) is 3.90. The fourth-order valence-corrected chi connectivity index (χ4v) is 2.38. The zero-order chi connectivity index (χ0) is 15.7. The number of hydrogen-bond donors (Lipinski definition) is 2. The van der Waals surface area contributed by atoms with Crippen molar-refractivity contribution < 1.29 is 17.9 Å². The molecule has 120 valence electrons. The maximum absolute atomic E-state index is 11.7. The van der Waals surface area contributed by atoms with Gasteiger partial charge in [0.2, 0.25) is 10.0 Å². The summed E-state index contributed by atoms with van der Waals surface area (Å²) in [6.45, 7) is 5.38. The van der Waals surface area contributed by atoms with Gasteiger partial charge in [0.1, 0.15) is 12.4 Å². The molecule has 0 saturated heterocycles. The first kappa shape index (κ1) is 17.7. The fraction of sp³-hybridized carbons (Fsp3) is 0.571. The first-order valence-electron chi connectivity index (χ1n) is 6.93. The molecule has 3 N–H and O–H groups in total. The molecule has 0 fully saturated rings. The van der Waals surface area contributed by atoms with Gasteiger partial charge in [-0.3, -0.25) is 0 Å². The molecule has 0 amide bonds. The molecule has 0 saturated carbocycles. The summed E-state index contributed by atoms with van der Waals surface area (Å²) in [4.78, 5) is 0. The number of ether oxygens (including phenoxy) is 2. The average molecular weight is 316 g/mol. The number of hydrogen-bond acceptors (Lipinski definition) is 5. The van der Waals surface area contributed by atoms with Gasteiger partial charge in [0.05, 0.1) is 18.0 Å². The maximum Gasteiger partial charge on any atom is 0.215 e. The van der Waals surface area contributed by atoms with E-state index in [4.69, 9.17) is 15.2 Å². The summed E-state index contributed by atoms with van der Waals surface area (Å²) in [5.74, 6) is 0.810. The number of nitrogens with one attached hydrogen (secondary N) is 1. The van der Waals surface area contributed by atoms with Crippen LogP contribution < -0.4 is 15.2 Å². The van der Waals surface area contributed by atoms with Crippen molar-refractivity contribution in [1.82, 2.24) is 4.72 Å². The van der Waals surface area contributed by atoms with Gasteiger partial charge in [0, 0.05) is 13.2 Å². The van der Waals surface area contributed by atoms with Gasteiger partial charge < -0.3 is 15.2 Å². The lowest BCUT2D eigenvalue weighted by Crippen LogP contribution is -2.32. The van der Waals surface area contributed by atoms with Crippen LogP contribution in [0.4, 0.5) is 5.69 Å².